The van der Waals surface area contributed by atoms with Crippen LogP contribution in [0.1, 0.15) is 32.1 Å². The van der Waals surface area contributed by atoms with Gasteiger partial charge in [-0.3, -0.25) is 14.4 Å². The zero-order valence-corrected chi connectivity index (χ0v) is 15.6. The van der Waals surface area contributed by atoms with E-state index < -0.39 is 48.3 Å². The van der Waals surface area contributed by atoms with Gasteiger partial charge in [0.25, 0.3) is 0 Å². The average molecular weight is 392 g/mol. The normalized spacial score (nSPS) is 14.1. The van der Waals surface area contributed by atoms with Gasteiger partial charge in [0.1, 0.15) is 12.1 Å². The monoisotopic (exact) mass is 392 g/mol. The molecule has 0 spiro atoms. The summed E-state index contributed by atoms with van der Waals surface area (Å²) < 4.78 is 0. The van der Waals surface area contributed by atoms with Gasteiger partial charge in [-0.05, 0) is 44.2 Å². The van der Waals surface area contributed by atoms with Crippen molar-refractivity contribution in [2.75, 3.05) is 18.6 Å². The Morgan fingerprint density at radius 2 is 1.62 bits per heavy atom. The third kappa shape index (κ3) is 10.2. The van der Waals surface area contributed by atoms with E-state index >= 15 is 0 Å². The molecule has 0 heterocycles. The van der Waals surface area contributed by atoms with Crippen LogP contribution < -0.4 is 22.1 Å². The third-order valence-electron chi connectivity index (χ3n) is 3.54. The second-order valence-electron chi connectivity index (χ2n) is 5.73. The van der Waals surface area contributed by atoms with E-state index in [1.807, 2.05) is 6.26 Å². The van der Waals surface area contributed by atoms with Crippen LogP contribution in [-0.2, 0) is 19.2 Å². The molecule has 11 heteroatoms. The van der Waals surface area contributed by atoms with Gasteiger partial charge in [0.15, 0.2) is 0 Å². The van der Waals surface area contributed by atoms with Crippen LogP contribution in [0.15, 0.2) is 0 Å². The van der Waals surface area contributed by atoms with Crippen LogP contribution >= 0.6 is 11.8 Å². The number of thioether (sulfide) groups is 1. The van der Waals surface area contributed by atoms with Gasteiger partial charge in [0, 0.05) is 0 Å². The first-order valence-corrected chi connectivity index (χ1v) is 9.62. The lowest BCUT2D eigenvalue weighted by Crippen LogP contribution is -2.54. The Morgan fingerprint density at radius 1 is 1.00 bits per heavy atom. The first-order chi connectivity index (χ1) is 12.2. The largest absolute Gasteiger partial charge is 0.481 e. The molecule has 0 aliphatic rings. The fraction of sp³-hybridized carbons (Fsp3) is 0.733. The second-order valence-corrected chi connectivity index (χ2v) is 6.72. The van der Waals surface area contributed by atoms with Gasteiger partial charge < -0.3 is 32.3 Å². The Labute approximate surface area is 156 Å². The molecule has 0 aromatic heterocycles. The van der Waals surface area contributed by atoms with E-state index in [9.17, 15) is 24.3 Å². The number of nitrogens with two attached hydrogens (primary N) is 2. The molecule has 0 bridgehead atoms. The van der Waals surface area contributed by atoms with Crippen molar-refractivity contribution in [3.05, 3.63) is 0 Å². The number of nitrogens with one attached hydrogen (secondary N) is 2. The zero-order valence-electron chi connectivity index (χ0n) is 14.8. The number of unbranched alkanes of at least 4 members (excludes halogenated alkanes) is 1. The Bertz CT molecular complexity index is 491. The minimum absolute atomic E-state index is 0.240. The highest BCUT2D eigenvalue weighted by molar-refractivity contribution is 7.98. The summed E-state index contributed by atoms with van der Waals surface area (Å²) in [6, 6.07) is -3.38. The number of aliphatic carboxylic acids is 2. The molecule has 150 valence electrons. The molecule has 2 amide bonds. The lowest BCUT2D eigenvalue weighted by atomic mass is 10.1. The van der Waals surface area contributed by atoms with Crippen LogP contribution in [0.3, 0.4) is 0 Å². The lowest BCUT2D eigenvalue weighted by molar-refractivity contribution is -0.142. The van der Waals surface area contributed by atoms with E-state index in [1.54, 1.807) is 0 Å². The van der Waals surface area contributed by atoms with Crippen molar-refractivity contribution in [3.8, 4) is 0 Å². The van der Waals surface area contributed by atoms with E-state index in [4.69, 9.17) is 16.6 Å². The summed E-state index contributed by atoms with van der Waals surface area (Å²) >= 11 is 1.45. The molecule has 0 aromatic carbocycles. The number of carboxylic acids is 2. The van der Waals surface area contributed by atoms with Crippen molar-refractivity contribution in [1.29, 1.82) is 0 Å². The van der Waals surface area contributed by atoms with Crippen molar-refractivity contribution in [3.63, 3.8) is 0 Å². The summed E-state index contributed by atoms with van der Waals surface area (Å²) in [6.45, 7) is 0.409. The van der Waals surface area contributed by atoms with Crippen molar-refractivity contribution in [2.45, 2.75) is 50.2 Å². The van der Waals surface area contributed by atoms with E-state index in [0.717, 1.165) is 0 Å². The predicted octanol–water partition coefficient (Wildman–Crippen LogP) is -1.28. The molecule has 0 unspecified atom stereocenters. The quantitative estimate of drug-likeness (QED) is 0.196. The predicted molar refractivity (Wildman–Crippen MR) is 97.6 cm³/mol. The number of carbonyl (C=O) groups excluding carboxylic acids is 2. The maximum atomic E-state index is 12.4. The number of carbonyl (C=O) groups is 4. The van der Waals surface area contributed by atoms with E-state index in [-0.39, 0.29) is 12.8 Å². The Kier molecular flexibility index (Phi) is 12.4. The van der Waals surface area contributed by atoms with Gasteiger partial charge >= 0.3 is 11.9 Å². The molecule has 26 heavy (non-hydrogen) atoms. The molecule has 0 fully saturated rings. The molecule has 0 aromatic rings. The molecular formula is C15H28N4O6S. The highest BCUT2D eigenvalue weighted by Crippen LogP contribution is 2.05. The molecule has 10 nitrogen and oxygen atoms in total. The van der Waals surface area contributed by atoms with E-state index in [1.165, 1.54) is 11.8 Å². The molecule has 0 saturated heterocycles. The van der Waals surface area contributed by atoms with Crippen LogP contribution in [0, 0.1) is 0 Å². The van der Waals surface area contributed by atoms with Gasteiger partial charge in [-0.2, -0.15) is 11.8 Å². The molecular weight excluding hydrogens is 364 g/mol. The topological polar surface area (TPSA) is 185 Å². The van der Waals surface area contributed by atoms with E-state index in [0.29, 0.717) is 25.1 Å². The van der Waals surface area contributed by atoms with Gasteiger partial charge in [-0.1, -0.05) is 0 Å². The average Bonchev–Trinajstić information content (AvgIpc) is 2.56. The van der Waals surface area contributed by atoms with Crippen molar-refractivity contribution in [1.82, 2.24) is 10.6 Å². The van der Waals surface area contributed by atoms with Crippen LogP contribution in [0.5, 0.6) is 0 Å². The molecule has 3 atom stereocenters. The van der Waals surface area contributed by atoms with Gasteiger partial charge in [-0.25, -0.2) is 4.79 Å². The van der Waals surface area contributed by atoms with Gasteiger partial charge in [0.2, 0.25) is 11.8 Å². The Balaban J connectivity index is 4.96. The minimum atomic E-state index is -1.30. The molecule has 0 radical (unpaired) electrons. The molecule has 8 N–H and O–H groups in total. The maximum absolute atomic E-state index is 12.4. The first kappa shape index (κ1) is 24.1. The van der Waals surface area contributed by atoms with Crippen molar-refractivity contribution < 1.29 is 29.4 Å². The number of carboxylic acid groups (broad SMARTS) is 2. The van der Waals surface area contributed by atoms with E-state index in [2.05, 4.69) is 10.6 Å². The number of hydrogen-bond donors (Lipinski definition) is 6. The fourth-order valence-corrected chi connectivity index (χ4v) is 2.56. The Morgan fingerprint density at radius 3 is 2.12 bits per heavy atom. The van der Waals surface area contributed by atoms with Crippen molar-refractivity contribution in [2.24, 2.45) is 11.5 Å². The summed E-state index contributed by atoms with van der Waals surface area (Å²) in [5.74, 6) is -3.28. The maximum Gasteiger partial charge on any atom is 0.326 e. The summed E-state index contributed by atoms with van der Waals surface area (Å²) in [7, 11) is 0. The molecule has 0 aliphatic heterocycles. The fourth-order valence-electron chi connectivity index (χ4n) is 2.09. The highest BCUT2D eigenvalue weighted by Gasteiger charge is 2.28. The van der Waals surface area contributed by atoms with Crippen LogP contribution in [0.2, 0.25) is 0 Å². The summed E-state index contributed by atoms with van der Waals surface area (Å²) in [5.41, 5.74) is 10.9. The van der Waals surface area contributed by atoms with Crippen molar-refractivity contribution >= 4 is 35.5 Å². The molecule has 0 saturated carbocycles. The van der Waals surface area contributed by atoms with Crippen LogP contribution in [0.4, 0.5) is 0 Å². The SMILES string of the molecule is CSCC[C@H](NC(=O)[C@H](CCCCN)NC(=O)[C@@H](N)CC(=O)O)C(=O)O. The number of hydrogen-bond acceptors (Lipinski definition) is 7. The first-order valence-electron chi connectivity index (χ1n) is 8.22. The highest BCUT2D eigenvalue weighted by atomic mass is 32.2. The van der Waals surface area contributed by atoms with Gasteiger partial charge in [0.05, 0.1) is 12.5 Å². The number of amides is 2. The summed E-state index contributed by atoms with van der Waals surface area (Å²) in [6.07, 6.45) is 2.88. The molecule has 0 aliphatic carbocycles. The molecule has 0 rings (SSSR count). The minimum Gasteiger partial charge on any atom is -0.481 e. The second kappa shape index (κ2) is 13.4. The zero-order chi connectivity index (χ0) is 20.1. The van der Waals surface area contributed by atoms with Crippen LogP contribution in [-0.4, -0.2) is 70.6 Å². The van der Waals surface area contributed by atoms with Crippen LogP contribution in [0.25, 0.3) is 0 Å². The van der Waals surface area contributed by atoms with Gasteiger partial charge in [-0.15, -0.1) is 0 Å². The Hall–Kier alpha value is -1.85. The summed E-state index contributed by atoms with van der Waals surface area (Å²) in [4.78, 5) is 46.3. The standard InChI is InChI=1S/C15H28N4O6S/c1-26-7-5-11(15(24)25)19-14(23)10(4-2-3-6-16)18-13(22)9(17)8-12(20)21/h9-11H,2-8,16-17H2,1H3,(H,18,22)(H,19,23)(H,20,21)(H,24,25)/t9-,10-,11-/m0/s1. The third-order valence-corrected chi connectivity index (χ3v) is 4.18. The smallest absolute Gasteiger partial charge is 0.326 e. The lowest BCUT2D eigenvalue weighted by Gasteiger charge is -2.22. The summed E-state index contributed by atoms with van der Waals surface area (Å²) in [5, 5.41) is 22.7. The number of rotatable bonds is 14.